The first-order valence-electron chi connectivity index (χ1n) is 5.34. The lowest BCUT2D eigenvalue weighted by Crippen LogP contribution is -2.16. The van der Waals surface area contributed by atoms with Gasteiger partial charge < -0.3 is 14.5 Å². The first kappa shape index (κ1) is 12.1. The maximum Gasteiger partial charge on any atom is 0.158 e. The minimum Gasteiger partial charge on any atom is -0.467 e. The topological polar surface area (TPSA) is 84.0 Å². The van der Waals surface area contributed by atoms with Crippen LogP contribution in [0.5, 0.6) is 0 Å². The van der Waals surface area contributed by atoms with Crippen molar-refractivity contribution in [3.05, 3.63) is 42.2 Å². The van der Waals surface area contributed by atoms with Gasteiger partial charge in [0.1, 0.15) is 23.7 Å². The zero-order valence-electron chi connectivity index (χ0n) is 9.83. The largest absolute Gasteiger partial charge is 0.467 e. The summed E-state index contributed by atoms with van der Waals surface area (Å²) < 4.78 is 10.4. The average Bonchev–Trinajstić information content (AvgIpc) is 2.93. The Kier molecular flexibility index (Phi) is 3.89. The van der Waals surface area contributed by atoms with Crippen molar-refractivity contribution < 1.29 is 9.15 Å². The van der Waals surface area contributed by atoms with Crippen LogP contribution in [0.15, 0.2) is 35.2 Å². The lowest BCUT2D eigenvalue weighted by molar-refractivity contribution is 0.178. The average molecular weight is 244 g/mol. The van der Waals surface area contributed by atoms with Gasteiger partial charge in [-0.1, -0.05) is 0 Å². The summed E-state index contributed by atoms with van der Waals surface area (Å²) in [5.74, 6) is 1.32. The molecule has 0 radical (unpaired) electrons. The Morgan fingerprint density at radius 1 is 1.50 bits per heavy atom. The number of methoxy groups -OCH3 is 1. The van der Waals surface area contributed by atoms with E-state index in [1.54, 1.807) is 13.4 Å². The molecule has 2 aromatic rings. The molecule has 0 fully saturated rings. The molecule has 0 aromatic carbocycles. The fourth-order valence-corrected chi connectivity index (χ4v) is 1.49. The van der Waals surface area contributed by atoms with E-state index in [-0.39, 0.29) is 11.7 Å². The molecule has 18 heavy (non-hydrogen) atoms. The number of hydrogen-bond acceptors (Lipinski definition) is 6. The van der Waals surface area contributed by atoms with Gasteiger partial charge in [-0.15, -0.1) is 0 Å². The molecule has 0 aliphatic rings. The molecule has 0 spiro atoms. The summed E-state index contributed by atoms with van der Waals surface area (Å²) in [5, 5.41) is 11.8. The third kappa shape index (κ3) is 2.84. The van der Waals surface area contributed by atoms with Crippen molar-refractivity contribution in [3.63, 3.8) is 0 Å². The number of ether oxygens (including phenoxy) is 1. The molecule has 2 aromatic heterocycles. The van der Waals surface area contributed by atoms with E-state index in [0.717, 1.165) is 5.76 Å². The Labute approximate surface area is 104 Å². The van der Waals surface area contributed by atoms with Crippen LogP contribution in [0.1, 0.15) is 17.5 Å². The monoisotopic (exact) mass is 244 g/mol. The zero-order valence-corrected chi connectivity index (χ0v) is 9.83. The van der Waals surface area contributed by atoms with Crippen LogP contribution in [0.3, 0.4) is 0 Å². The van der Waals surface area contributed by atoms with E-state index < -0.39 is 0 Å². The highest BCUT2D eigenvalue weighted by Gasteiger charge is 2.14. The number of rotatable bonds is 5. The molecule has 92 valence electrons. The summed E-state index contributed by atoms with van der Waals surface area (Å²) in [6.45, 7) is 0.440. The number of nitrogens with one attached hydrogen (secondary N) is 1. The molecule has 0 amide bonds. The minimum atomic E-state index is -0.146. The SMILES string of the molecule is COCC(Nc1cnc(C#N)cn1)c1ccco1. The Morgan fingerprint density at radius 2 is 2.39 bits per heavy atom. The smallest absolute Gasteiger partial charge is 0.158 e. The lowest BCUT2D eigenvalue weighted by atomic mass is 10.2. The zero-order chi connectivity index (χ0) is 12.8. The molecule has 2 rings (SSSR count). The number of aromatic nitrogens is 2. The van der Waals surface area contributed by atoms with Gasteiger partial charge in [-0.3, -0.25) is 0 Å². The number of anilines is 1. The molecule has 1 unspecified atom stereocenters. The van der Waals surface area contributed by atoms with Crippen LogP contribution >= 0.6 is 0 Å². The van der Waals surface area contributed by atoms with Crippen molar-refractivity contribution in [3.8, 4) is 6.07 Å². The van der Waals surface area contributed by atoms with E-state index >= 15 is 0 Å². The second-order valence-electron chi connectivity index (χ2n) is 3.57. The molecule has 0 bridgehead atoms. The highest BCUT2D eigenvalue weighted by molar-refractivity contribution is 5.35. The molecule has 0 aliphatic heterocycles. The fraction of sp³-hybridized carbons (Fsp3) is 0.250. The molecule has 6 nitrogen and oxygen atoms in total. The molecule has 0 aliphatic carbocycles. The van der Waals surface area contributed by atoms with Crippen LogP contribution in [0.2, 0.25) is 0 Å². The second kappa shape index (κ2) is 5.80. The van der Waals surface area contributed by atoms with E-state index in [9.17, 15) is 0 Å². The van der Waals surface area contributed by atoms with Crippen LogP contribution in [0.4, 0.5) is 5.82 Å². The van der Waals surface area contributed by atoms with Crippen molar-refractivity contribution in [1.82, 2.24) is 9.97 Å². The standard InChI is InChI=1S/C12H12N4O2/c1-17-8-10(11-3-2-4-18-11)16-12-7-14-9(5-13)6-15-12/h2-4,6-7,10H,8H2,1H3,(H,15,16). The van der Waals surface area contributed by atoms with Gasteiger partial charge in [0.2, 0.25) is 0 Å². The molecule has 0 saturated carbocycles. The van der Waals surface area contributed by atoms with Crippen LogP contribution in [-0.2, 0) is 4.74 Å². The minimum absolute atomic E-state index is 0.146. The van der Waals surface area contributed by atoms with Gasteiger partial charge in [-0.25, -0.2) is 9.97 Å². The van der Waals surface area contributed by atoms with Crippen LogP contribution < -0.4 is 5.32 Å². The maximum absolute atomic E-state index is 8.64. The number of nitriles is 1. The van der Waals surface area contributed by atoms with Gasteiger partial charge >= 0.3 is 0 Å². The van der Waals surface area contributed by atoms with E-state index in [4.69, 9.17) is 14.4 Å². The molecular weight excluding hydrogens is 232 g/mol. The Balaban J connectivity index is 2.11. The molecule has 6 heteroatoms. The van der Waals surface area contributed by atoms with Crippen molar-refractivity contribution in [2.75, 3.05) is 19.0 Å². The van der Waals surface area contributed by atoms with Crippen LogP contribution in [0, 0.1) is 11.3 Å². The Hall–Kier alpha value is -2.39. The van der Waals surface area contributed by atoms with Gasteiger partial charge in [0.15, 0.2) is 5.69 Å². The normalized spacial score (nSPS) is 11.8. The molecule has 1 atom stereocenters. The van der Waals surface area contributed by atoms with E-state index in [2.05, 4.69) is 15.3 Å². The predicted octanol–water partition coefficient (Wildman–Crippen LogP) is 1.74. The van der Waals surface area contributed by atoms with Crippen molar-refractivity contribution >= 4 is 5.82 Å². The van der Waals surface area contributed by atoms with E-state index in [1.165, 1.54) is 12.4 Å². The Morgan fingerprint density at radius 3 is 2.94 bits per heavy atom. The maximum atomic E-state index is 8.64. The molecule has 1 N–H and O–H groups in total. The molecule has 0 saturated heterocycles. The van der Waals surface area contributed by atoms with Crippen LogP contribution in [-0.4, -0.2) is 23.7 Å². The summed E-state index contributed by atoms with van der Waals surface area (Å²) in [7, 11) is 1.61. The van der Waals surface area contributed by atoms with Crippen molar-refractivity contribution in [1.29, 1.82) is 5.26 Å². The highest BCUT2D eigenvalue weighted by atomic mass is 16.5. The van der Waals surface area contributed by atoms with Gasteiger partial charge in [0, 0.05) is 7.11 Å². The third-order valence-electron chi connectivity index (χ3n) is 2.31. The first-order chi connectivity index (χ1) is 8.83. The summed E-state index contributed by atoms with van der Waals surface area (Å²) in [6, 6.07) is 5.43. The molecule has 2 heterocycles. The predicted molar refractivity (Wildman–Crippen MR) is 63.7 cm³/mol. The number of nitrogens with zero attached hydrogens (tertiary/aromatic N) is 3. The second-order valence-corrected chi connectivity index (χ2v) is 3.57. The first-order valence-corrected chi connectivity index (χ1v) is 5.34. The number of furan rings is 1. The highest BCUT2D eigenvalue weighted by Crippen LogP contribution is 2.18. The lowest BCUT2D eigenvalue weighted by Gasteiger charge is -2.15. The van der Waals surface area contributed by atoms with E-state index in [1.807, 2.05) is 18.2 Å². The summed E-state index contributed by atoms with van der Waals surface area (Å²) in [6.07, 6.45) is 4.52. The summed E-state index contributed by atoms with van der Waals surface area (Å²) in [5.41, 5.74) is 0.279. The molecular formula is C12H12N4O2. The van der Waals surface area contributed by atoms with Gasteiger partial charge in [-0.05, 0) is 12.1 Å². The summed E-state index contributed by atoms with van der Waals surface area (Å²) >= 11 is 0. The van der Waals surface area contributed by atoms with E-state index in [0.29, 0.717) is 12.4 Å². The van der Waals surface area contributed by atoms with Crippen molar-refractivity contribution in [2.24, 2.45) is 0 Å². The third-order valence-corrected chi connectivity index (χ3v) is 2.31. The Bertz CT molecular complexity index is 516. The van der Waals surface area contributed by atoms with Crippen LogP contribution in [0.25, 0.3) is 0 Å². The van der Waals surface area contributed by atoms with Gasteiger partial charge in [-0.2, -0.15) is 5.26 Å². The summed E-state index contributed by atoms with van der Waals surface area (Å²) in [4.78, 5) is 8.02. The quantitative estimate of drug-likeness (QED) is 0.862. The fourth-order valence-electron chi connectivity index (χ4n) is 1.49. The number of hydrogen-bond donors (Lipinski definition) is 1. The van der Waals surface area contributed by atoms with Crippen molar-refractivity contribution in [2.45, 2.75) is 6.04 Å². The van der Waals surface area contributed by atoms with Gasteiger partial charge in [0.05, 0.1) is 25.3 Å². The van der Waals surface area contributed by atoms with Gasteiger partial charge in [0.25, 0.3) is 0 Å².